The zero-order chi connectivity index (χ0) is 12.3. The topological polar surface area (TPSA) is 51.8 Å². The van der Waals surface area contributed by atoms with Gasteiger partial charge in [0.15, 0.2) is 0 Å². The summed E-state index contributed by atoms with van der Waals surface area (Å²) < 4.78 is 0. The predicted molar refractivity (Wildman–Crippen MR) is 68.9 cm³/mol. The summed E-state index contributed by atoms with van der Waals surface area (Å²) in [4.78, 5) is 8.64. The molecule has 3 nitrogen and oxygen atoms in total. The number of hydrogen-bond acceptors (Lipinski definition) is 3. The summed E-state index contributed by atoms with van der Waals surface area (Å²) >= 11 is 6.12. The molecule has 4 heteroatoms. The Labute approximate surface area is 106 Å². The van der Waals surface area contributed by atoms with E-state index in [0.717, 1.165) is 27.8 Å². The smallest absolute Gasteiger partial charge is 0.125 e. The van der Waals surface area contributed by atoms with Gasteiger partial charge in [0.1, 0.15) is 5.82 Å². The van der Waals surface area contributed by atoms with E-state index in [-0.39, 0.29) is 0 Å². The summed E-state index contributed by atoms with van der Waals surface area (Å²) in [6.07, 6.45) is 0.704. The second-order valence-corrected chi connectivity index (χ2v) is 4.28. The van der Waals surface area contributed by atoms with Crippen LogP contribution in [0.25, 0.3) is 0 Å². The van der Waals surface area contributed by atoms with E-state index in [4.69, 9.17) is 17.3 Å². The molecular formula is C13H14ClN3. The van der Waals surface area contributed by atoms with Gasteiger partial charge in [0, 0.05) is 23.7 Å². The van der Waals surface area contributed by atoms with E-state index in [9.17, 15) is 0 Å². The molecule has 0 aliphatic heterocycles. The maximum absolute atomic E-state index is 6.12. The van der Waals surface area contributed by atoms with Gasteiger partial charge in [0.25, 0.3) is 0 Å². The first-order chi connectivity index (χ1) is 8.19. The van der Waals surface area contributed by atoms with Crippen molar-refractivity contribution in [3.63, 3.8) is 0 Å². The molecule has 0 spiro atoms. The van der Waals surface area contributed by atoms with Gasteiger partial charge in [-0.3, -0.25) is 0 Å². The molecule has 0 aliphatic carbocycles. The number of hydrogen-bond donors (Lipinski definition) is 1. The SMILES string of the molecule is Cc1nc(CN)cc(Cc2ccccc2Cl)n1. The average molecular weight is 248 g/mol. The van der Waals surface area contributed by atoms with Crippen LogP contribution in [-0.2, 0) is 13.0 Å². The lowest BCUT2D eigenvalue weighted by Gasteiger charge is -2.06. The number of aromatic nitrogens is 2. The Morgan fingerprint density at radius 2 is 1.88 bits per heavy atom. The zero-order valence-electron chi connectivity index (χ0n) is 9.65. The van der Waals surface area contributed by atoms with Gasteiger partial charge in [-0.25, -0.2) is 9.97 Å². The molecule has 0 saturated carbocycles. The van der Waals surface area contributed by atoms with Crippen LogP contribution in [0.15, 0.2) is 30.3 Å². The average Bonchev–Trinajstić information content (AvgIpc) is 2.31. The van der Waals surface area contributed by atoms with Gasteiger partial charge in [0.05, 0.1) is 5.69 Å². The molecule has 2 N–H and O–H groups in total. The Hall–Kier alpha value is -1.45. The number of benzene rings is 1. The van der Waals surface area contributed by atoms with Crippen LogP contribution in [0.3, 0.4) is 0 Å². The number of rotatable bonds is 3. The van der Waals surface area contributed by atoms with E-state index in [1.165, 1.54) is 0 Å². The summed E-state index contributed by atoms with van der Waals surface area (Å²) in [5.74, 6) is 0.745. The molecule has 0 bridgehead atoms. The van der Waals surface area contributed by atoms with Crippen molar-refractivity contribution in [2.24, 2.45) is 5.73 Å². The molecule has 0 radical (unpaired) electrons. The van der Waals surface area contributed by atoms with Gasteiger partial charge >= 0.3 is 0 Å². The summed E-state index contributed by atoms with van der Waals surface area (Å²) in [5, 5.41) is 0.762. The number of halogens is 1. The summed E-state index contributed by atoms with van der Waals surface area (Å²) in [7, 11) is 0. The van der Waals surface area contributed by atoms with E-state index in [1.807, 2.05) is 37.3 Å². The van der Waals surface area contributed by atoms with E-state index < -0.39 is 0 Å². The van der Waals surface area contributed by atoms with Crippen LogP contribution in [0.4, 0.5) is 0 Å². The number of aryl methyl sites for hydroxylation is 1. The van der Waals surface area contributed by atoms with Crippen molar-refractivity contribution in [1.29, 1.82) is 0 Å². The molecule has 0 unspecified atom stereocenters. The molecule has 1 aromatic heterocycles. The van der Waals surface area contributed by atoms with Crippen LogP contribution in [0.2, 0.25) is 5.02 Å². The van der Waals surface area contributed by atoms with E-state index >= 15 is 0 Å². The zero-order valence-corrected chi connectivity index (χ0v) is 10.4. The largest absolute Gasteiger partial charge is 0.325 e. The van der Waals surface area contributed by atoms with Gasteiger partial charge in [-0.2, -0.15) is 0 Å². The minimum atomic E-state index is 0.429. The third-order valence-corrected chi connectivity index (χ3v) is 2.85. The highest BCUT2D eigenvalue weighted by atomic mass is 35.5. The molecule has 2 aromatic rings. The number of nitrogens with zero attached hydrogens (tertiary/aromatic N) is 2. The lowest BCUT2D eigenvalue weighted by Crippen LogP contribution is -2.05. The van der Waals surface area contributed by atoms with Crippen molar-refractivity contribution in [2.45, 2.75) is 19.9 Å². The van der Waals surface area contributed by atoms with Gasteiger partial charge in [0.2, 0.25) is 0 Å². The van der Waals surface area contributed by atoms with Crippen molar-refractivity contribution in [3.8, 4) is 0 Å². The third kappa shape index (κ3) is 3.02. The monoisotopic (exact) mass is 247 g/mol. The van der Waals surface area contributed by atoms with Crippen molar-refractivity contribution in [3.05, 3.63) is 58.1 Å². The maximum Gasteiger partial charge on any atom is 0.125 e. The molecule has 1 heterocycles. The molecular weight excluding hydrogens is 234 g/mol. The standard InChI is InChI=1S/C13H14ClN3/c1-9-16-11(7-12(8-15)17-9)6-10-4-2-3-5-13(10)14/h2-5,7H,6,8,15H2,1H3. The van der Waals surface area contributed by atoms with Crippen LogP contribution in [0, 0.1) is 6.92 Å². The van der Waals surface area contributed by atoms with E-state index in [0.29, 0.717) is 13.0 Å². The second-order valence-electron chi connectivity index (χ2n) is 3.87. The summed E-state index contributed by atoms with van der Waals surface area (Å²) in [6.45, 7) is 2.30. The Morgan fingerprint density at radius 1 is 1.18 bits per heavy atom. The molecule has 0 aliphatic rings. The highest BCUT2D eigenvalue weighted by molar-refractivity contribution is 6.31. The van der Waals surface area contributed by atoms with Crippen LogP contribution in [0.1, 0.15) is 22.8 Å². The summed E-state index contributed by atoms with van der Waals surface area (Å²) in [6, 6.07) is 9.70. The fourth-order valence-corrected chi connectivity index (χ4v) is 1.93. The van der Waals surface area contributed by atoms with Crippen molar-refractivity contribution in [2.75, 3.05) is 0 Å². The molecule has 0 atom stereocenters. The molecule has 17 heavy (non-hydrogen) atoms. The third-order valence-electron chi connectivity index (χ3n) is 2.48. The quantitative estimate of drug-likeness (QED) is 0.907. The first-order valence-electron chi connectivity index (χ1n) is 5.46. The van der Waals surface area contributed by atoms with Crippen molar-refractivity contribution in [1.82, 2.24) is 9.97 Å². The lowest BCUT2D eigenvalue weighted by atomic mass is 10.1. The molecule has 2 rings (SSSR count). The van der Waals surface area contributed by atoms with Crippen molar-refractivity contribution >= 4 is 11.6 Å². The lowest BCUT2D eigenvalue weighted by molar-refractivity contribution is 0.890. The van der Waals surface area contributed by atoms with E-state index in [2.05, 4.69) is 9.97 Å². The fourth-order valence-electron chi connectivity index (χ4n) is 1.73. The van der Waals surface area contributed by atoms with Crippen LogP contribution in [-0.4, -0.2) is 9.97 Å². The Morgan fingerprint density at radius 3 is 2.59 bits per heavy atom. The first-order valence-corrected chi connectivity index (χ1v) is 5.83. The molecule has 0 amide bonds. The highest BCUT2D eigenvalue weighted by Crippen LogP contribution is 2.18. The second kappa shape index (κ2) is 5.25. The Kier molecular flexibility index (Phi) is 3.71. The number of nitrogens with two attached hydrogens (primary N) is 1. The maximum atomic E-state index is 6.12. The van der Waals surface area contributed by atoms with Crippen LogP contribution >= 0.6 is 11.6 Å². The Balaban J connectivity index is 2.30. The minimum Gasteiger partial charge on any atom is -0.325 e. The van der Waals surface area contributed by atoms with Crippen LogP contribution in [0.5, 0.6) is 0 Å². The van der Waals surface area contributed by atoms with Gasteiger partial charge in [-0.1, -0.05) is 29.8 Å². The van der Waals surface area contributed by atoms with Gasteiger partial charge < -0.3 is 5.73 Å². The molecule has 0 saturated heterocycles. The van der Waals surface area contributed by atoms with Gasteiger partial charge in [-0.05, 0) is 24.6 Å². The normalized spacial score (nSPS) is 10.5. The highest BCUT2D eigenvalue weighted by Gasteiger charge is 2.04. The summed E-state index contributed by atoms with van der Waals surface area (Å²) in [5.41, 5.74) is 8.47. The van der Waals surface area contributed by atoms with Crippen molar-refractivity contribution < 1.29 is 0 Å². The predicted octanol–water partition coefficient (Wildman–Crippen LogP) is 2.49. The molecule has 0 fully saturated rings. The Bertz CT molecular complexity index is 526. The molecule has 1 aromatic carbocycles. The first kappa shape index (κ1) is 12.0. The molecule has 88 valence electrons. The minimum absolute atomic E-state index is 0.429. The van der Waals surface area contributed by atoms with Gasteiger partial charge in [-0.15, -0.1) is 0 Å². The fraction of sp³-hybridized carbons (Fsp3) is 0.231. The van der Waals surface area contributed by atoms with E-state index in [1.54, 1.807) is 0 Å². The van der Waals surface area contributed by atoms with Crippen LogP contribution < -0.4 is 5.73 Å².